The van der Waals surface area contributed by atoms with Gasteiger partial charge in [-0.25, -0.2) is 9.97 Å². The molecule has 6 aliphatic rings. The molecule has 9 heterocycles. The van der Waals surface area contributed by atoms with E-state index in [2.05, 4.69) is 133 Å². The van der Waals surface area contributed by atoms with Crippen molar-refractivity contribution in [1.82, 2.24) is 65.2 Å². The molecule has 4 unspecified atom stereocenters. The second-order valence-electron chi connectivity index (χ2n) is 20.5. The standard InChI is InChI=1S/C20H22N4.C19H26N4.C10H7N3.C9H6N4/c1-2-4-10-16-15(9-3-1)19(17-11-5-7-13-21-17)23-24-20(16)18-12-6-8-14-22-18;1-19(2,3)23-12-13-8-4-5-9-14(13)17-18(21-22-20-17)15-10-6-7-11-16(15)23;1-2-11-4-8-7(1)3-10-9(8)5-12-6-13-10;1-3-12-8-6(10-1)5-7-9(8)13-4-2-11-7/h5-8,11-16H,1-4,9-10H2;4-5,8-9,15-16H,6-7,10-12H2,1-3H3,(H,20,21,22);1-2,4-6H,3H2;1-4H,5H2. The van der Waals surface area contributed by atoms with Crippen LogP contribution in [-0.4, -0.2) is 88.2 Å². The van der Waals surface area contributed by atoms with E-state index in [1.807, 2.05) is 61.3 Å². The smallest absolute Gasteiger partial charge is 0.116 e. The van der Waals surface area contributed by atoms with Gasteiger partial charge in [-0.1, -0.05) is 74.9 Å². The minimum atomic E-state index is 0.147. The third-order valence-corrected chi connectivity index (χ3v) is 15.1. The average molecular weight is 968 g/mol. The first kappa shape index (κ1) is 47.7. The van der Waals surface area contributed by atoms with Crippen LogP contribution in [0.3, 0.4) is 0 Å². The summed E-state index contributed by atoms with van der Waals surface area (Å²) in [6.45, 7) is 8.01. The second kappa shape index (κ2) is 21.6. The minimum Gasteiger partial charge on any atom is -0.291 e. The van der Waals surface area contributed by atoms with Crippen LogP contribution in [0.4, 0.5) is 0 Å². The van der Waals surface area contributed by atoms with Gasteiger partial charge in [0.05, 0.1) is 45.6 Å². The molecule has 73 heavy (non-hydrogen) atoms. The van der Waals surface area contributed by atoms with Crippen molar-refractivity contribution < 1.29 is 0 Å². The molecular formula is C58H61N15. The molecule has 7 aromatic heterocycles. The molecule has 2 aliphatic heterocycles. The molecule has 368 valence electrons. The monoisotopic (exact) mass is 968 g/mol. The lowest BCUT2D eigenvalue weighted by Crippen LogP contribution is -2.51. The second-order valence-corrected chi connectivity index (χ2v) is 20.5. The van der Waals surface area contributed by atoms with Gasteiger partial charge in [-0.05, 0) is 87.9 Å². The highest BCUT2D eigenvalue weighted by Gasteiger charge is 2.41. The lowest BCUT2D eigenvalue weighted by atomic mass is 9.74. The van der Waals surface area contributed by atoms with Crippen LogP contribution in [0.1, 0.15) is 136 Å². The van der Waals surface area contributed by atoms with E-state index in [0.29, 0.717) is 23.8 Å². The fraction of sp³-hybridized carbons (Fsp3) is 0.362. The van der Waals surface area contributed by atoms with E-state index in [0.717, 1.165) is 94.8 Å². The van der Waals surface area contributed by atoms with E-state index in [4.69, 9.17) is 0 Å². The predicted molar refractivity (Wildman–Crippen MR) is 282 cm³/mol. The quantitative estimate of drug-likeness (QED) is 0.173. The zero-order valence-corrected chi connectivity index (χ0v) is 41.9. The van der Waals surface area contributed by atoms with Gasteiger partial charge in [0, 0.05) is 121 Å². The van der Waals surface area contributed by atoms with E-state index in [1.54, 1.807) is 31.1 Å². The van der Waals surface area contributed by atoms with Gasteiger partial charge in [-0.2, -0.15) is 25.6 Å². The molecule has 0 radical (unpaired) electrons. The topological polar surface area (TPSA) is 186 Å². The van der Waals surface area contributed by atoms with Crippen molar-refractivity contribution in [2.75, 3.05) is 0 Å². The first-order valence-corrected chi connectivity index (χ1v) is 25.9. The maximum absolute atomic E-state index is 4.62. The molecule has 0 amide bonds. The number of benzene rings is 1. The van der Waals surface area contributed by atoms with E-state index in [9.17, 15) is 0 Å². The number of nitrogens with one attached hydrogen (secondary N) is 1. The maximum Gasteiger partial charge on any atom is 0.116 e. The summed E-state index contributed by atoms with van der Waals surface area (Å²) in [5.74, 6) is 1.29. The Morgan fingerprint density at radius 2 is 1.10 bits per heavy atom. The fourth-order valence-electron chi connectivity index (χ4n) is 11.6. The highest BCUT2D eigenvalue weighted by Crippen LogP contribution is 2.44. The molecule has 0 bridgehead atoms. The van der Waals surface area contributed by atoms with Gasteiger partial charge >= 0.3 is 0 Å². The number of aromatic nitrogens is 12. The van der Waals surface area contributed by atoms with Crippen molar-refractivity contribution in [2.45, 2.75) is 122 Å². The Labute approximate surface area is 426 Å². The van der Waals surface area contributed by atoms with Gasteiger partial charge in [-0.15, -0.1) is 0 Å². The van der Waals surface area contributed by atoms with Crippen molar-refractivity contribution in [3.63, 3.8) is 0 Å². The Kier molecular flexibility index (Phi) is 14.1. The Hall–Kier alpha value is -7.65. The minimum absolute atomic E-state index is 0.147. The van der Waals surface area contributed by atoms with Crippen molar-refractivity contribution in [3.05, 3.63) is 174 Å². The molecule has 1 aromatic carbocycles. The van der Waals surface area contributed by atoms with E-state index >= 15 is 0 Å². The Morgan fingerprint density at radius 1 is 0.479 bits per heavy atom. The van der Waals surface area contributed by atoms with Gasteiger partial charge in [0.2, 0.25) is 0 Å². The number of H-pyrrole nitrogens is 1. The number of aromatic amines is 1. The summed E-state index contributed by atoms with van der Waals surface area (Å²) in [5, 5.41) is 21.3. The van der Waals surface area contributed by atoms with Crippen LogP contribution in [0.2, 0.25) is 0 Å². The molecule has 0 spiro atoms. The third kappa shape index (κ3) is 10.2. The van der Waals surface area contributed by atoms with E-state index in [-0.39, 0.29) is 5.54 Å². The van der Waals surface area contributed by atoms with Crippen LogP contribution >= 0.6 is 0 Å². The summed E-state index contributed by atoms with van der Waals surface area (Å²) in [5.41, 5.74) is 17.5. The lowest BCUT2D eigenvalue weighted by molar-refractivity contribution is 0.0382. The molecule has 2 saturated carbocycles. The first-order chi connectivity index (χ1) is 35.9. The van der Waals surface area contributed by atoms with Crippen molar-refractivity contribution in [2.24, 2.45) is 22.0 Å². The van der Waals surface area contributed by atoms with Gasteiger partial charge in [0.25, 0.3) is 0 Å². The average Bonchev–Trinajstić information content (AvgIpc) is 4.17. The zero-order chi connectivity index (χ0) is 49.6. The summed E-state index contributed by atoms with van der Waals surface area (Å²) in [6, 6.07) is 23.3. The molecule has 2 fully saturated rings. The van der Waals surface area contributed by atoms with Crippen LogP contribution in [0.5, 0.6) is 0 Å². The van der Waals surface area contributed by atoms with Crippen LogP contribution in [0, 0.1) is 11.8 Å². The number of rotatable bonds is 2. The molecule has 0 saturated heterocycles. The zero-order valence-electron chi connectivity index (χ0n) is 41.9. The largest absolute Gasteiger partial charge is 0.291 e. The molecule has 4 aliphatic carbocycles. The number of fused-ring (bicyclic) bond motifs is 12. The number of hydrogen-bond acceptors (Lipinski definition) is 14. The Balaban J connectivity index is 0.000000109. The summed E-state index contributed by atoms with van der Waals surface area (Å²) >= 11 is 0. The molecule has 1 N–H and O–H groups in total. The van der Waals surface area contributed by atoms with E-state index in [1.165, 1.54) is 79.3 Å². The maximum atomic E-state index is 4.62. The Morgan fingerprint density at radius 3 is 1.77 bits per heavy atom. The van der Waals surface area contributed by atoms with Gasteiger partial charge in [0.1, 0.15) is 23.4 Å². The summed E-state index contributed by atoms with van der Waals surface area (Å²) in [7, 11) is 0. The van der Waals surface area contributed by atoms with Gasteiger partial charge in [0.15, 0.2) is 0 Å². The Bertz CT molecular complexity index is 2980. The molecular weight excluding hydrogens is 907 g/mol. The van der Waals surface area contributed by atoms with Gasteiger partial charge < -0.3 is 0 Å². The molecule has 4 atom stereocenters. The number of nitrogens with zero attached hydrogens (tertiary/aromatic N) is 14. The van der Waals surface area contributed by atoms with E-state index < -0.39 is 0 Å². The molecule has 8 aromatic rings. The molecule has 14 rings (SSSR count). The van der Waals surface area contributed by atoms with Crippen molar-refractivity contribution in [3.8, 4) is 33.8 Å². The van der Waals surface area contributed by atoms with Crippen molar-refractivity contribution in [1.29, 1.82) is 0 Å². The SMILES string of the molecule is CC(C)(C)N1Cc2ccccc2-c2n[nH]nc2C2CCCCC21.c1cc2c(cn1)-c1cncnc1C2.c1ccc(C2=NN=C(c3ccccn3)C3CCCCCCC23)nc1.c1cnc2c(n1)Cc1nccnc1-2. The van der Waals surface area contributed by atoms with Crippen molar-refractivity contribution >= 4 is 11.4 Å². The summed E-state index contributed by atoms with van der Waals surface area (Å²) < 4.78 is 0. The predicted octanol–water partition coefficient (Wildman–Crippen LogP) is 10.7. The highest BCUT2D eigenvalue weighted by molar-refractivity contribution is 6.10. The highest BCUT2D eigenvalue weighted by atomic mass is 15.3. The summed E-state index contributed by atoms with van der Waals surface area (Å²) in [4.78, 5) is 41.0. The third-order valence-electron chi connectivity index (χ3n) is 15.1. The number of pyridine rings is 3. The molecule has 15 heteroatoms. The van der Waals surface area contributed by atoms with Gasteiger partial charge in [-0.3, -0.25) is 39.8 Å². The van der Waals surface area contributed by atoms with Crippen LogP contribution in [0.15, 0.2) is 139 Å². The lowest BCUT2D eigenvalue weighted by Gasteiger charge is -2.47. The molecule has 15 nitrogen and oxygen atoms in total. The van der Waals surface area contributed by atoms with Crippen LogP contribution in [-0.2, 0) is 19.4 Å². The normalized spacial score (nSPS) is 20.2. The fourth-order valence-corrected chi connectivity index (χ4v) is 11.6. The summed E-state index contributed by atoms with van der Waals surface area (Å²) in [6.07, 6.45) is 31.8. The van der Waals surface area contributed by atoms with Crippen LogP contribution < -0.4 is 0 Å². The van der Waals surface area contributed by atoms with Crippen LogP contribution in [0.25, 0.3) is 33.8 Å². The number of hydrogen-bond donors (Lipinski definition) is 1. The first-order valence-electron chi connectivity index (χ1n) is 25.9.